The van der Waals surface area contributed by atoms with Crippen LogP contribution in [-0.2, 0) is 17.9 Å². The van der Waals surface area contributed by atoms with E-state index in [1.165, 1.54) is 10.9 Å². The van der Waals surface area contributed by atoms with E-state index in [2.05, 4.69) is 15.5 Å². The summed E-state index contributed by atoms with van der Waals surface area (Å²) in [5.41, 5.74) is 0.753. The fourth-order valence-electron chi connectivity index (χ4n) is 1.76. The van der Waals surface area contributed by atoms with Crippen LogP contribution in [-0.4, -0.2) is 30.4 Å². The second-order valence-electron chi connectivity index (χ2n) is 4.53. The number of carbonyl (C=O) groups excluding carboxylic acids is 1. The topological polar surface area (TPSA) is 108 Å². The van der Waals surface area contributed by atoms with Crippen LogP contribution in [0.3, 0.4) is 0 Å². The predicted octanol–water partition coefficient (Wildman–Crippen LogP) is 0.885. The number of aryl methyl sites for hydroxylation is 1. The van der Waals surface area contributed by atoms with Crippen molar-refractivity contribution >= 4 is 11.6 Å². The maximum Gasteiger partial charge on any atom is 0.307 e. The molecule has 1 unspecified atom stereocenters. The first kappa shape index (κ1) is 14.7. The van der Waals surface area contributed by atoms with Gasteiger partial charge < -0.3 is 5.32 Å². The Labute approximate surface area is 120 Å². The normalized spacial score (nSPS) is 12.1. The van der Waals surface area contributed by atoms with Crippen LogP contribution in [0.5, 0.6) is 0 Å². The second kappa shape index (κ2) is 6.16. The average molecular weight is 292 g/mol. The van der Waals surface area contributed by atoms with E-state index in [4.69, 9.17) is 0 Å². The van der Waals surface area contributed by atoms with Crippen molar-refractivity contribution < 1.29 is 9.72 Å². The summed E-state index contributed by atoms with van der Waals surface area (Å²) in [4.78, 5) is 22.0. The number of rotatable bonds is 6. The third kappa shape index (κ3) is 3.44. The maximum absolute atomic E-state index is 12.0. The van der Waals surface area contributed by atoms with Crippen molar-refractivity contribution in [2.24, 2.45) is 0 Å². The van der Waals surface area contributed by atoms with Crippen LogP contribution >= 0.6 is 0 Å². The molecule has 9 heteroatoms. The van der Waals surface area contributed by atoms with E-state index < -0.39 is 11.0 Å². The summed E-state index contributed by atoms with van der Waals surface area (Å²) < 4.78 is 3.03. The number of nitro groups is 1. The van der Waals surface area contributed by atoms with Gasteiger partial charge in [-0.3, -0.25) is 24.3 Å². The molecule has 0 fully saturated rings. The molecule has 2 heterocycles. The summed E-state index contributed by atoms with van der Waals surface area (Å²) in [7, 11) is 0. The summed E-state index contributed by atoms with van der Waals surface area (Å²) in [5, 5.41) is 21.3. The summed E-state index contributed by atoms with van der Waals surface area (Å²) in [6.45, 7) is 4.72. The minimum Gasteiger partial charge on any atom is -0.350 e. The molecule has 0 aliphatic heterocycles. The standard InChI is InChI=1S/C12H16N6O3/c1-3-16-7-10(5-14-16)4-13-12(19)9(2)17-8-11(6-15-17)18(20)21/h5-9H,3-4H2,1-2H3,(H,13,19). The van der Waals surface area contributed by atoms with E-state index in [-0.39, 0.29) is 11.6 Å². The van der Waals surface area contributed by atoms with Crippen molar-refractivity contribution in [2.45, 2.75) is 33.0 Å². The molecule has 1 amide bonds. The minimum absolute atomic E-state index is 0.140. The quantitative estimate of drug-likeness (QED) is 0.628. The number of nitrogens with one attached hydrogen (secondary N) is 1. The van der Waals surface area contributed by atoms with Crippen LogP contribution in [0.2, 0.25) is 0 Å². The molecule has 112 valence electrons. The number of nitrogens with zero attached hydrogens (tertiary/aromatic N) is 5. The Balaban J connectivity index is 1.94. The molecule has 1 N–H and O–H groups in total. The Morgan fingerprint density at radius 1 is 1.43 bits per heavy atom. The third-order valence-corrected chi connectivity index (χ3v) is 3.05. The predicted molar refractivity (Wildman–Crippen MR) is 73.3 cm³/mol. The Bertz CT molecular complexity index is 647. The number of aromatic nitrogens is 4. The smallest absolute Gasteiger partial charge is 0.307 e. The van der Waals surface area contributed by atoms with Crippen molar-refractivity contribution in [1.82, 2.24) is 24.9 Å². The molecule has 21 heavy (non-hydrogen) atoms. The molecule has 2 aromatic heterocycles. The number of carbonyl (C=O) groups is 1. The van der Waals surface area contributed by atoms with E-state index in [1.807, 2.05) is 13.1 Å². The molecule has 0 saturated carbocycles. The van der Waals surface area contributed by atoms with Crippen LogP contribution < -0.4 is 5.32 Å². The lowest BCUT2D eigenvalue weighted by atomic mass is 10.3. The highest BCUT2D eigenvalue weighted by Crippen LogP contribution is 2.13. The van der Waals surface area contributed by atoms with Gasteiger partial charge in [0.05, 0.1) is 11.1 Å². The molecule has 2 rings (SSSR count). The zero-order valence-corrected chi connectivity index (χ0v) is 11.8. The lowest BCUT2D eigenvalue weighted by Crippen LogP contribution is -2.30. The van der Waals surface area contributed by atoms with Crippen molar-refractivity contribution in [2.75, 3.05) is 0 Å². The highest BCUT2D eigenvalue weighted by molar-refractivity contribution is 5.79. The molecular formula is C12H16N6O3. The summed E-state index contributed by atoms with van der Waals surface area (Å²) in [6, 6.07) is -0.625. The molecule has 2 aromatic rings. The molecular weight excluding hydrogens is 276 g/mol. The molecule has 0 bridgehead atoms. The molecule has 0 aliphatic rings. The number of amides is 1. The van der Waals surface area contributed by atoms with Crippen LogP contribution in [0.15, 0.2) is 24.8 Å². The van der Waals surface area contributed by atoms with Gasteiger partial charge in [0, 0.05) is 24.8 Å². The Kier molecular flexibility index (Phi) is 4.31. The van der Waals surface area contributed by atoms with Crippen LogP contribution in [0, 0.1) is 10.1 Å². The first-order valence-corrected chi connectivity index (χ1v) is 6.49. The van der Waals surface area contributed by atoms with Crippen LogP contribution in [0.1, 0.15) is 25.5 Å². The third-order valence-electron chi connectivity index (χ3n) is 3.05. The van der Waals surface area contributed by atoms with Gasteiger partial charge in [0.25, 0.3) is 0 Å². The SMILES string of the molecule is CCn1cc(CNC(=O)C(C)n2cc([N+](=O)[O-])cn2)cn1. The van der Waals surface area contributed by atoms with E-state index in [1.54, 1.807) is 17.8 Å². The van der Waals surface area contributed by atoms with Crippen molar-refractivity contribution in [3.8, 4) is 0 Å². The number of hydrogen-bond donors (Lipinski definition) is 1. The first-order chi connectivity index (χ1) is 10.0. The van der Waals surface area contributed by atoms with Crippen LogP contribution in [0.4, 0.5) is 5.69 Å². The van der Waals surface area contributed by atoms with Gasteiger partial charge in [-0.1, -0.05) is 0 Å². The molecule has 0 spiro atoms. The van der Waals surface area contributed by atoms with E-state index in [0.717, 1.165) is 18.3 Å². The molecule has 0 radical (unpaired) electrons. The van der Waals surface area contributed by atoms with Gasteiger partial charge >= 0.3 is 5.69 Å². The molecule has 0 aliphatic carbocycles. The monoisotopic (exact) mass is 292 g/mol. The lowest BCUT2D eigenvalue weighted by Gasteiger charge is -2.11. The fourth-order valence-corrected chi connectivity index (χ4v) is 1.76. The van der Waals surface area contributed by atoms with E-state index in [9.17, 15) is 14.9 Å². The first-order valence-electron chi connectivity index (χ1n) is 6.49. The Morgan fingerprint density at radius 2 is 2.19 bits per heavy atom. The Morgan fingerprint density at radius 3 is 2.76 bits per heavy atom. The highest BCUT2D eigenvalue weighted by Gasteiger charge is 2.18. The zero-order chi connectivity index (χ0) is 15.4. The van der Waals surface area contributed by atoms with Gasteiger partial charge in [-0.15, -0.1) is 0 Å². The van der Waals surface area contributed by atoms with Gasteiger partial charge in [-0.25, -0.2) is 0 Å². The molecule has 0 saturated heterocycles. The van der Waals surface area contributed by atoms with Gasteiger partial charge in [-0.05, 0) is 13.8 Å². The average Bonchev–Trinajstić information content (AvgIpc) is 3.12. The van der Waals surface area contributed by atoms with Crippen LogP contribution in [0.25, 0.3) is 0 Å². The maximum atomic E-state index is 12.0. The highest BCUT2D eigenvalue weighted by atomic mass is 16.6. The largest absolute Gasteiger partial charge is 0.350 e. The molecule has 9 nitrogen and oxygen atoms in total. The zero-order valence-electron chi connectivity index (χ0n) is 11.8. The van der Waals surface area contributed by atoms with Gasteiger partial charge in [0.1, 0.15) is 18.4 Å². The second-order valence-corrected chi connectivity index (χ2v) is 4.53. The Hall–Kier alpha value is -2.71. The van der Waals surface area contributed by atoms with Gasteiger partial charge in [-0.2, -0.15) is 10.2 Å². The lowest BCUT2D eigenvalue weighted by molar-refractivity contribution is -0.385. The van der Waals surface area contributed by atoms with Gasteiger partial charge in [0.15, 0.2) is 0 Å². The van der Waals surface area contributed by atoms with Crippen molar-refractivity contribution in [1.29, 1.82) is 0 Å². The molecule has 0 aromatic carbocycles. The van der Waals surface area contributed by atoms with Crippen molar-refractivity contribution in [3.63, 3.8) is 0 Å². The summed E-state index contributed by atoms with van der Waals surface area (Å²) in [5.74, 6) is -0.266. The minimum atomic E-state index is -0.625. The van der Waals surface area contributed by atoms with E-state index in [0.29, 0.717) is 6.54 Å². The van der Waals surface area contributed by atoms with Gasteiger partial charge in [0.2, 0.25) is 5.91 Å². The fraction of sp³-hybridized carbons (Fsp3) is 0.417. The summed E-state index contributed by atoms with van der Waals surface area (Å²) in [6.07, 6.45) is 5.89. The number of hydrogen-bond acceptors (Lipinski definition) is 5. The van der Waals surface area contributed by atoms with E-state index >= 15 is 0 Å². The van der Waals surface area contributed by atoms with Crippen molar-refractivity contribution in [3.05, 3.63) is 40.5 Å². The summed E-state index contributed by atoms with van der Waals surface area (Å²) >= 11 is 0. The molecule has 1 atom stereocenters.